The Labute approximate surface area is 128 Å². The summed E-state index contributed by atoms with van der Waals surface area (Å²) in [6.45, 7) is 0. The van der Waals surface area contributed by atoms with Crippen LogP contribution in [0.1, 0.15) is 16.7 Å². The van der Waals surface area contributed by atoms with Crippen LogP contribution in [0.2, 0.25) is 0 Å². The van der Waals surface area contributed by atoms with Crippen LogP contribution in [0.15, 0.2) is 77.7 Å². The zero-order valence-corrected chi connectivity index (χ0v) is 12.1. The average molecular weight is 288 g/mol. The normalized spacial score (nSPS) is 15.6. The maximum atomic E-state index is 6.27. The lowest BCUT2D eigenvalue weighted by Crippen LogP contribution is -2.27. The zero-order valence-electron chi connectivity index (χ0n) is 11.2. The molecule has 4 rings (SSSR count). The number of rotatable bonds is 2. The monoisotopic (exact) mass is 288 g/mol. The molecule has 0 amide bonds. The van der Waals surface area contributed by atoms with Gasteiger partial charge in [0.05, 0.1) is 0 Å². The van der Waals surface area contributed by atoms with Gasteiger partial charge < -0.3 is 0 Å². The third-order valence-electron chi connectivity index (χ3n) is 3.77. The van der Waals surface area contributed by atoms with Gasteiger partial charge in [-0.2, -0.15) is 0 Å². The minimum absolute atomic E-state index is 0.564. The first-order valence-electron chi connectivity index (χ1n) is 6.79. The highest BCUT2D eigenvalue weighted by Gasteiger charge is 2.44. The standard InChI is InChI=1S/C19H12OS/c1-3-9-15(10-4-1)19(16-11-5-2-6-12-16)17-13-7-8-14-18(17)21-20-19/h3-14H. The second-order valence-corrected chi connectivity index (χ2v) is 5.69. The lowest BCUT2D eigenvalue weighted by molar-refractivity contribution is 0.205. The molecule has 0 N–H and O–H groups in total. The Morgan fingerprint density at radius 1 is 0.762 bits per heavy atom. The molecule has 0 saturated carbocycles. The molecule has 100 valence electrons. The van der Waals surface area contributed by atoms with Crippen LogP contribution in [0.4, 0.5) is 0 Å². The zero-order chi connectivity index (χ0) is 14.1. The molecular weight excluding hydrogens is 276 g/mol. The fourth-order valence-electron chi connectivity index (χ4n) is 2.80. The molecule has 1 heterocycles. The van der Waals surface area contributed by atoms with Gasteiger partial charge in [-0.3, -0.25) is 4.18 Å². The minimum atomic E-state index is -0.564. The Balaban J connectivity index is 2.02. The van der Waals surface area contributed by atoms with Crippen LogP contribution in [0.25, 0.3) is 0 Å². The molecule has 1 aliphatic rings. The third-order valence-corrected chi connectivity index (χ3v) is 4.64. The highest BCUT2D eigenvalue weighted by molar-refractivity contribution is 7.95. The first-order valence-corrected chi connectivity index (χ1v) is 7.54. The van der Waals surface area contributed by atoms with E-state index in [-0.39, 0.29) is 0 Å². The van der Waals surface area contributed by atoms with Crippen LogP contribution in [-0.4, -0.2) is 0 Å². The van der Waals surface area contributed by atoms with Gasteiger partial charge in [0, 0.05) is 22.5 Å². The van der Waals surface area contributed by atoms with Gasteiger partial charge in [-0.15, -0.1) is 0 Å². The Kier molecular flexibility index (Phi) is 3.06. The van der Waals surface area contributed by atoms with E-state index < -0.39 is 5.60 Å². The largest absolute Gasteiger partial charge is 0.289 e. The first kappa shape index (κ1) is 12.7. The van der Waals surface area contributed by atoms with E-state index in [1.54, 1.807) is 0 Å². The summed E-state index contributed by atoms with van der Waals surface area (Å²) >= 11 is 1.44. The number of hydrogen-bond donors (Lipinski definition) is 0. The van der Waals surface area contributed by atoms with Crippen LogP contribution < -0.4 is 0 Å². The van der Waals surface area contributed by atoms with Crippen LogP contribution in [0.5, 0.6) is 0 Å². The van der Waals surface area contributed by atoms with Crippen LogP contribution in [-0.2, 0) is 9.78 Å². The van der Waals surface area contributed by atoms with Crippen LogP contribution in [0, 0.1) is 12.1 Å². The van der Waals surface area contributed by atoms with Gasteiger partial charge in [-0.1, -0.05) is 66.7 Å². The van der Waals surface area contributed by atoms with E-state index in [1.807, 2.05) is 30.3 Å². The molecule has 2 radical (unpaired) electrons. The summed E-state index contributed by atoms with van der Waals surface area (Å²) in [7, 11) is 0. The van der Waals surface area contributed by atoms with Crippen molar-refractivity contribution in [2.75, 3.05) is 0 Å². The van der Waals surface area contributed by atoms with Crippen molar-refractivity contribution >= 4 is 12.0 Å². The Hall–Kier alpha value is -2.03. The van der Waals surface area contributed by atoms with E-state index in [2.05, 4.69) is 54.6 Å². The molecule has 21 heavy (non-hydrogen) atoms. The average Bonchev–Trinajstić information content (AvgIpc) is 2.97. The predicted molar refractivity (Wildman–Crippen MR) is 83.8 cm³/mol. The molecule has 2 heteroatoms. The summed E-state index contributed by atoms with van der Waals surface area (Å²) in [6, 6.07) is 30.5. The van der Waals surface area contributed by atoms with Gasteiger partial charge in [0.15, 0.2) is 5.60 Å². The summed E-state index contributed by atoms with van der Waals surface area (Å²) in [4.78, 5) is 1.16. The van der Waals surface area contributed by atoms with Crippen molar-refractivity contribution < 1.29 is 4.18 Å². The van der Waals surface area contributed by atoms with Crippen LogP contribution in [0.3, 0.4) is 0 Å². The molecule has 1 nitrogen and oxygen atoms in total. The van der Waals surface area contributed by atoms with Crippen molar-refractivity contribution in [2.24, 2.45) is 0 Å². The summed E-state index contributed by atoms with van der Waals surface area (Å²) in [5.74, 6) is 0. The van der Waals surface area contributed by atoms with Crippen molar-refractivity contribution in [2.45, 2.75) is 10.5 Å². The van der Waals surface area contributed by atoms with E-state index in [0.717, 1.165) is 16.0 Å². The van der Waals surface area contributed by atoms with Crippen molar-refractivity contribution in [1.29, 1.82) is 0 Å². The van der Waals surface area contributed by atoms with E-state index >= 15 is 0 Å². The Morgan fingerprint density at radius 3 is 1.95 bits per heavy atom. The van der Waals surface area contributed by atoms with Gasteiger partial charge in [0.25, 0.3) is 0 Å². The molecular formula is C19H12OS. The van der Waals surface area contributed by atoms with E-state index in [9.17, 15) is 0 Å². The molecule has 0 aliphatic carbocycles. The molecule has 3 aromatic carbocycles. The second kappa shape index (κ2) is 5.06. The topological polar surface area (TPSA) is 9.23 Å². The van der Waals surface area contributed by atoms with Gasteiger partial charge in [-0.25, -0.2) is 0 Å². The van der Waals surface area contributed by atoms with Crippen molar-refractivity contribution in [3.8, 4) is 0 Å². The Bertz CT molecular complexity index is 713. The summed E-state index contributed by atoms with van der Waals surface area (Å²) < 4.78 is 6.27. The second-order valence-electron chi connectivity index (χ2n) is 4.92. The molecule has 3 aromatic rings. The van der Waals surface area contributed by atoms with E-state index in [4.69, 9.17) is 4.18 Å². The van der Waals surface area contributed by atoms with Gasteiger partial charge in [0.2, 0.25) is 0 Å². The maximum absolute atomic E-state index is 6.27. The summed E-state index contributed by atoms with van der Waals surface area (Å²) in [5.41, 5.74) is 2.85. The molecule has 0 atom stereocenters. The molecule has 0 saturated heterocycles. The van der Waals surface area contributed by atoms with Crippen LogP contribution >= 0.6 is 12.0 Å². The molecule has 0 aromatic heterocycles. The molecule has 0 fully saturated rings. The molecule has 1 aliphatic heterocycles. The fourth-order valence-corrected chi connectivity index (χ4v) is 3.73. The van der Waals surface area contributed by atoms with Crippen molar-refractivity contribution in [3.63, 3.8) is 0 Å². The van der Waals surface area contributed by atoms with Gasteiger partial charge in [0.1, 0.15) is 0 Å². The van der Waals surface area contributed by atoms with E-state index in [0.29, 0.717) is 0 Å². The lowest BCUT2D eigenvalue weighted by Gasteiger charge is -2.29. The smallest absolute Gasteiger partial charge is 0.159 e. The lowest BCUT2D eigenvalue weighted by atomic mass is 9.80. The first-order chi connectivity index (χ1) is 10.4. The van der Waals surface area contributed by atoms with Crippen molar-refractivity contribution in [1.82, 2.24) is 0 Å². The number of fused-ring (bicyclic) bond motifs is 1. The number of hydrogen-bond acceptors (Lipinski definition) is 2. The third kappa shape index (κ3) is 1.91. The van der Waals surface area contributed by atoms with Crippen molar-refractivity contribution in [3.05, 3.63) is 102 Å². The Morgan fingerprint density at radius 2 is 1.33 bits per heavy atom. The summed E-state index contributed by atoms with van der Waals surface area (Å²) in [5, 5.41) is 0. The summed E-state index contributed by atoms with van der Waals surface area (Å²) in [6.07, 6.45) is 0. The molecule has 0 bridgehead atoms. The highest BCUT2D eigenvalue weighted by atomic mass is 32.2. The van der Waals surface area contributed by atoms with Gasteiger partial charge >= 0.3 is 0 Å². The highest BCUT2D eigenvalue weighted by Crippen LogP contribution is 2.52. The predicted octanol–water partition coefficient (Wildman–Crippen LogP) is 4.62. The fraction of sp³-hybridized carbons (Fsp3) is 0.0526. The molecule has 0 spiro atoms. The molecule has 0 unspecified atom stereocenters. The van der Waals surface area contributed by atoms with E-state index in [1.165, 1.54) is 17.6 Å². The minimum Gasteiger partial charge on any atom is -0.289 e. The van der Waals surface area contributed by atoms with Gasteiger partial charge in [-0.05, 0) is 29.3 Å². The quantitative estimate of drug-likeness (QED) is 0.637. The SMILES string of the molecule is [c]1ccc(C2(c3cc[c]cc3)OSc3ccccc32)cc1. The number of benzene rings is 3. The maximum Gasteiger partial charge on any atom is 0.159 e.